The number of methoxy groups -OCH3 is 3. The van der Waals surface area contributed by atoms with Crippen molar-refractivity contribution in [3.63, 3.8) is 0 Å². The van der Waals surface area contributed by atoms with Crippen molar-refractivity contribution in [2.24, 2.45) is 0 Å². The summed E-state index contributed by atoms with van der Waals surface area (Å²) in [6.45, 7) is 0. The summed E-state index contributed by atoms with van der Waals surface area (Å²) in [6, 6.07) is 25.0. The van der Waals surface area contributed by atoms with Crippen molar-refractivity contribution in [3.8, 4) is 23.0 Å². The fraction of sp³-hybridized carbons (Fsp3) is 0.107. The van der Waals surface area contributed by atoms with Gasteiger partial charge in [-0.3, -0.25) is 0 Å². The van der Waals surface area contributed by atoms with Crippen molar-refractivity contribution >= 4 is 28.9 Å². The molecule has 33 heavy (non-hydrogen) atoms. The molecule has 5 heteroatoms. The number of rotatable bonds is 7. The lowest BCUT2D eigenvalue weighted by Crippen LogP contribution is -2.12. The quantitative estimate of drug-likeness (QED) is 0.193. The van der Waals surface area contributed by atoms with Crippen LogP contribution in [-0.2, 0) is 0 Å². The molecule has 0 unspecified atom stereocenters. The molecule has 0 aliphatic rings. The van der Waals surface area contributed by atoms with Crippen LogP contribution in [0.25, 0.3) is 22.9 Å². The summed E-state index contributed by atoms with van der Waals surface area (Å²) >= 11 is 0. The van der Waals surface area contributed by atoms with Gasteiger partial charge >= 0.3 is 5.97 Å². The standard InChI is InChI=1S/C28H24O5/c1-30-24-12-7-13-25(31-2)27(24)28(29)33-23-17-15-19(18-26(23)32-3)14-16-21-10-6-9-20-8-4-5-11-22(20)21/h4-18H,1-3H3. The molecule has 4 aromatic rings. The third kappa shape index (κ3) is 4.67. The highest BCUT2D eigenvalue weighted by Gasteiger charge is 2.21. The molecule has 0 saturated heterocycles. The van der Waals surface area contributed by atoms with E-state index in [1.165, 1.54) is 32.1 Å². The van der Waals surface area contributed by atoms with Crippen molar-refractivity contribution in [2.75, 3.05) is 21.3 Å². The molecule has 0 aliphatic carbocycles. The Balaban J connectivity index is 1.60. The predicted octanol–water partition coefficient (Wildman–Crippen LogP) is 6.26. The zero-order valence-electron chi connectivity index (χ0n) is 18.7. The van der Waals surface area contributed by atoms with Gasteiger partial charge in [-0.15, -0.1) is 0 Å². The number of ether oxygens (including phenoxy) is 4. The lowest BCUT2D eigenvalue weighted by molar-refractivity contribution is 0.0722. The summed E-state index contributed by atoms with van der Waals surface area (Å²) in [5, 5.41) is 2.37. The largest absolute Gasteiger partial charge is 0.496 e. The van der Waals surface area contributed by atoms with E-state index in [-0.39, 0.29) is 5.56 Å². The molecule has 0 aromatic heterocycles. The van der Waals surface area contributed by atoms with Crippen LogP contribution in [-0.4, -0.2) is 27.3 Å². The summed E-state index contributed by atoms with van der Waals surface area (Å²) in [5.74, 6) is 0.887. The van der Waals surface area contributed by atoms with E-state index < -0.39 is 5.97 Å². The van der Waals surface area contributed by atoms with Crippen molar-refractivity contribution in [3.05, 3.63) is 95.6 Å². The van der Waals surface area contributed by atoms with Gasteiger partial charge in [0.2, 0.25) is 0 Å². The number of benzene rings is 4. The van der Waals surface area contributed by atoms with Crippen molar-refractivity contribution in [2.45, 2.75) is 0 Å². The van der Waals surface area contributed by atoms with Crippen LogP contribution in [0.3, 0.4) is 0 Å². The number of esters is 1. The van der Waals surface area contributed by atoms with Gasteiger partial charge in [0.05, 0.1) is 21.3 Å². The highest BCUT2D eigenvalue weighted by molar-refractivity contribution is 5.97. The summed E-state index contributed by atoms with van der Waals surface area (Å²) < 4.78 is 21.7. The van der Waals surface area contributed by atoms with Crippen LogP contribution >= 0.6 is 0 Å². The second kappa shape index (κ2) is 9.92. The Bertz CT molecular complexity index is 1300. The summed E-state index contributed by atoms with van der Waals surface area (Å²) in [5.41, 5.74) is 2.24. The van der Waals surface area contributed by atoms with Crippen LogP contribution in [0.1, 0.15) is 21.5 Å². The second-order valence-electron chi connectivity index (χ2n) is 7.24. The van der Waals surface area contributed by atoms with Gasteiger partial charge in [0, 0.05) is 0 Å². The van der Waals surface area contributed by atoms with Crippen molar-refractivity contribution < 1.29 is 23.7 Å². The van der Waals surface area contributed by atoms with E-state index in [2.05, 4.69) is 30.3 Å². The van der Waals surface area contributed by atoms with Crippen LogP contribution in [0.2, 0.25) is 0 Å². The van der Waals surface area contributed by atoms with Crippen molar-refractivity contribution in [1.29, 1.82) is 0 Å². The average Bonchev–Trinajstić information content (AvgIpc) is 2.87. The molecule has 0 spiro atoms. The molecule has 0 saturated carbocycles. The van der Waals surface area contributed by atoms with Gasteiger partial charge in [0.25, 0.3) is 0 Å². The fourth-order valence-electron chi connectivity index (χ4n) is 3.66. The Hall–Kier alpha value is -4.25. The minimum absolute atomic E-state index is 0.212. The van der Waals surface area contributed by atoms with E-state index in [0.717, 1.165) is 11.1 Å². The minimum Gasteiger partial charge on any atom is -0.496 e. The van der Waals surface area contributed by atoms with Gasteiger partial charge in [0.1, 0.15) is 17.1 Å². The molecule has 166 valence electrons. The SMILES string of the molecule is COc1cc(C=Cc2cccc3ccccc23)ccc1OC(=O)c1c(OC)cccc1OC. The second-order valence-corrected chi connectivity index (χ2v) is 7.24. The molecule has 4 rings (SSSR count). The number of carbonyl (C=O) groups excluding carboxylic acids is 1. The molecule has 0 aliphatic heterocycles. The zero-order chi connectivity index (χ0) is 23.2. The van der Waals surface area contributed by atoms with Gasteiger partial charge in [-0.25, -0.2) is 4.79 Å². The van der Waals surface area contributed by atoms with E-state index in [4.69, 9.17) is 18.9 Å². The van der Waals surface area contributed by atoms with E-state index in [1.54, 1.807) is 24.3 Å². The lowest BCUT2D eigenvalue weighted by atomic mass is 10.0. The van der Waals surface area contributed by atoms with Crippen LogP contribution in [0.5, 0.6) is 23.0 Å². The maximum absolute atomic E-state index is 12.9. The van der Waals surface area contributed by atoms with E-state index in [0.29, 0.717) is 23.0 Å². The highest BCUT2D eigenvalue weighted by atomic mass is 16.6. The summed E-state index contributed by atoms with van der Waals surface area (Å²) in [6.07, 6.45) is 4.06. The number of hydrogen-bond acceptors (Lipinski definition) is 5. The first-order valence-corrected chi connectivity index (χ1v) is 10.4. The first-order chi connectivity index (χ1) is 16.1. The smallest absolute Gasteiger partial charge is 0.351 e. The van der Waals surface area contributed by atoms with Crippen molar-refractivity contribution in [1.82, 2.24) is 0 Å². The normalized spacial score (nSPS) is 10.9. The molecule has 0 N–H and O–H groups in total. The van der Waals surface area contributed by atoms with Gasteiger partial charge in [-0.2, -0.15) is 0 Å². The average molecular weight is 440 g/mol. The molecule has 0 fully saturated rings. The molecule has 0 atom stereocenters. The Morgan fingerprint density at radius 1 is 0.667 bits per heavy atom. The molecular weight excluding hydrogens is 416 g/mol. The first-order valence-electron chi connectivity index (χ1n) is 10.4. The first kappa shape index (κ1) is 22.0. The van der Waals surface area contributed by atoms with Crippen LogP contribution in [0.4, 0.5) is 0 Å². The molecule has 4 aromatic carbocycles. The Labute approximate surface area is 192 Å². The third-order valence-electron chi connectivity index (χ3n) is 5.30. The monoisotopic (exact) mass is 440 g/mol. The number of fused-ring (bicyclic) bond motifs is 1. The maximum atomic E-state index is 12.9. The Morgan fingerprint density at radius 2 is 1.33 bits per heavy atom. The van der Waals surface area contributed by atoms with Gasteiger partial charge in [0.15, 0.2) is 11.5 Å². The molecule has 0 heterocycles. The Kier molecular flexibility index (Phi) is 6.60. The predicted molar refractivity (Wildman–Crippen MR) is 130 cm³/mol. The summed E-state index contributed by atoms with van der Waals surface area (Å²) in [4.78, 5) is 12.9. The topological polar surface area (TPSA) is 54.0 Å². The summed E-state index contributed by atoms with van der Waals surface area (Å²) in [7, 11) is 4.51. The van der Waals surface area contributed by atoms with E-state index in [9.17, 15) is 4.79 Å². The number of hydrogen-bond donors (Lipinski definition) is 0. The highest BCUT2D eigenvalue weighted by Crippen LogP contribution is 2.33. The van der Waals surface area contributed by atoms with Crippen LogP contribution < -0.4 is 18.9 Å². The lowest BCUT2D eigenvalue weighted by Gasteiger charge is -2.14. The van der Waals surface area contributed by atoms with Gasteiger partial charge < -0.3 is 18.9 Å². The molecule has 0 amide bonds. The van der Waals surface area contributed by atoms with Gasteiger partial charge in [-0.1, -0.05) is 66.7 Å². The van der Waals surface area contributed by atoms with Gasteiger partial charge in [-0.05, 0) is 46.2 Å². The van der Waals surface area contributed by atoms with Crippen LogP contribution in [0, 0.1) is 0 Å². The van der Waals surface area contributed by atoms with Crippen LogP contribution in [0.15, 0.2) is 78.9 Å². The number of carbonyl (C=O) groups is 1. The zero-order valence-corrected chi connectivity index (χ0v) is 18.7. The molecule has 0 bridgehead atoms. The minimum atomic E-state index is -0.596. The fourth-order valence-corrected chi connectivity index (χ4v) is 3.66. The molecule has 0 radical (unpaired) electrons. The van der Waals surface area contributed by atoms with E-state index >= 15 is 0 Å². The molecular formula is C28H24O5. The van der Waals surface area contributed by atoms with E-state index in [1.807, 2.05) is 36.4 Å². The maximum Gasteiger partial charge on any atom is 0.351 e. The third-order valence-corrected chi connectivity index (χ3v) is 5.30. The molecule has 5 nitrogen and oxygen atoms in total. The Morgan fingerprint density at radius 3 is 2.06 bits per heavy atom.